The quantitative estimate of drug-likeness (QED) is 0.561. The fraction of sp³-hybridized carbons (Fsp3) is 0.238. The van der Waals surface area contributed by atoms with Crippen molar-refractivity contribution in [2.45, 2.75) is 32.2 Å². The second-order valence-corrected chi connectivity index (χ2v) is 7.50. The lowest BCUT2D eigenvalue weighted by molar-refractivity contribution is -0.138. The molecule has 0 spiro atoms. The van der Waals surface area contributed by atoms with Crippen LogP contribution in [0.3, 0.4) is 0 Å². The smallest absolute Gasteiger partial charge is 0.257 e. The molecule has 0 radical (unpaired) electrons. The zero-order valence-corrected chi connectivity index (χ0v) is 15.1. The van der Waals surface area contributed by atoms with E-state index in [0.717, 1.165) is 23.9 Å². The maximum atomic E-state index is 12.7. The van der Waals surface area contributed by atoms with Gasteiger partial charge in [0.05, 0.1) is 6.54 Å². The first kappa shape index (κ1) is 15.6. The van der Waals surface area contributed by atoms with Crippen molar-refractivity contribution in [2.75, 3.05) is 0 Å². The average Bonchev–Trinajstić information content (AvgIpc) is 3.32. The molecule has 3 heterocycles. The Kier molecular flexibility index (Phi) is 2.94. The molecule has 0 unspecified atom stereocenters. The zero-order valence-electron chi connectivity index (χ0n) is 15.1. The second-order valence-electron chi connectivity index (χ2n) is 7.50. The number of rotatable bonds is 3. The number of nitrogens with zero attached hydrogens (tertiary/aromatic N) is 4. The number of carbonyl (C=O) groups is 2. The van der Waals surface area contributed by atoms with Crippen LogP contribution in [0.25, 0.3) is 16.7 Å². The number of amides is 2. The van der Waals surface area contributed by atoms with Gasteiger partial charge >= 0.3 is 0 Å². The molecule has 0 fully saturated rings. The molecular weight excluding hydrogens is 356 g/mol. The van der Waals surface area contributed by atoms with E-state index in [0.29, 0.717) is 35.2 Å². The van der Waals surface area contributed by atoms with Crippen LogP contribution in [-0.4, -0.2) is 35.9 Å². The van der Waals surface area contributed by atoms with E-state index in [1.54, 1.807) is 6.07 Å². The second kappa shape index (κ2) is 5.28. The summed E-state index contributed by atoms with van der Waals surface area (Å²) in [5.74, 6) is -0.305. The number of imide groups is 1. The highest BCUT2D eigenvalue weighted by Crippen LogP contribution is 2.36. The number of phenols is 1. The molecule has 28 heavy (non-hydrogen) atoms. The summed E-state index contributed by atoms with van der Waals surface area (Å²) in [5, 5.41) is 10.9. The van der Waals surface area contributed by atoms with Gasteiger partial charge in [0.1, 0.15) is 22.5 Å². The van der Waals surface area contributed by atoms with Crippen LogP contribution in [0.4, 0.5) is 0 Å². The maximum Gasteiger partial charge on any atom is 0.257 e. The maximum absolute atomic E-state index is 12.7. The van der Waals surface area contributed by atoms with Crippen molar-refractivity contribution >= 4 is 22.8 Å². The van der Waals surface area contributed by atoms with Gasteiger partial charge in [0, 0.05) is 16.7 Å². The number of phenolic OH excluding ortho intramolecular Hbond substituents is 1. The van der Waals surface area contributed by atoms with Crippen molar-refractivity contribution in [2.24, 2.45) is 0 Å². The highest BCUT2D eigenvalue weighted by Gasteiger charge is 2.39. The number of fused-ring (bicyclic) bond motifs is 4. The van der Waals surface area contributed by atoms with E-state index in [-0.39, 0.29) is 24.1 Å². The van der Waals surface area contributed by atoms with Gasteiger partial charge in [0.25, 0.3) is 11.8 Å². The van der Waals surface area contributed by atoms with Gasteiger partial charge in [0.15, 0.2) is 0 Å². The van der Waals surface area contributed by atoms with Crippen LogP contribution in [0.2, 0.25) is 0 Å². The van der Waals surface area contributed by atoms with Crippen LogP contribution < -0.4 is 0 Å². The van der Waals surface area contributed by atoms with Crippen LogP contribution in [0.15, 0.2) is 53.6 Å². The minimum absolute atomic E-state index is 0.0884. The molecule has 7 nitrogen and oxygen atoms in total. The molecule has 1 aliphatic carbocycles. The van der Waals surface area contributed by atoms with Gasteiger partial charge in [-0.1, -0.05) is 24.3 Å². The molecule has 0 saturated carbocycles. The number of hydrogen-bond donors (Lipinski definition) is 1. The highest BCUT2D eigenvalue weighted by molar-refractivity contribution is 6.19. The van der Waals surface area contributed by atoms with Gasteiger partial charge in [-0.2, -0.15) is 0 Å². The standard InChI is InChI=1S/C21H18N4O3/c26-19-13(12-22-20(27)14-7-1-2-8-15(14)21(22)28)6-5-11-18(19)25-23-16-9-3-4-10-17(16)24(23)25/h3-6,9-11,26H,1-2,7-8,12H2. The zero-order chi connectivity index (χ0) is 19.0. The van der Waals surface area contributed by atoms with Gasteiger partial charge in [0.2, 0.25) is 0 Å². The minimum Gasteiger partial charge on any atom is -0.505 e. The molecule has 1 aliphatic heterocycles. The molecular formula is C21H18N4O3. The molecule has 1 N–H and O–H groups in total. The van der Waals surface area contributed by atoms with E-state index in [2.05, 4.69) is 0 Å². The van der Waals surface area contributed by atoms with Gasteiger partial charge in [-0.3, -0.25) is 14.5 Å². The van der Waals surface area contributed by atoms with Gasteiger partial charge in [-0.05, 0) is 43.9 Å². The molecule has 7 heteroatoms. The number of aromatic hydroxyl groups is 1. The topological polar surface area (TPSA) is 71.4 Å². The third-order valence-corrected chi connectivity index (χ3v) is 5.94. The Morgan fingerprint density at radius 2 is 1.43 bits per heavy atom. The monoisotopic (exact) mass is 374 g/mol. The molecule has 0 bridgehead atoms. The fourth-order valence-electron chi connectivity index (χ4n) is 4.47. The number of hydrogen-bond acceptors (Lipinski definition) is 3. The number of aromatic nitrogens is 3. The van der Waals surface area contributed by atoms with Crippen molar-refractivity contribution in [3.63, 3.8) is 0 Å². The van der Waals surface area contributed by atoms with Crippen LogP contribution in [-0.2, 0) is 16.1 Å². The molecule has 2 amide bonds. The van der Waals surface area contributed by atoms with Crippen molar-refractivity contribution in [1.82, 2.24) is 19.0 Å². The molecule has 2 aliphatic rings. The summed E-state index contributed by atoms with van der Waals surface area (Å²) >= 11 is 0. The number of benzene rings is 2. The summed E-state index contributed by atoms with van der Waals surface area (Å²) in [4.78, 5) is 28.6. The SMILES string of the molecule is O=C1C2=C(CCCC2)C(=O)N1Cc1cccc(-n2n3c4ccccc4n23)c1O. The molecule has 6 rings (SSSR count). The largest absolute Gasteiger partial charge is 0.505 e. The van der Waals surface area contributed by atoms with Gasteiger partial charge in [-0.25, -0.2) is 0 Å². The van der Waals surface area contributed by atoms with Gasteiger partial charge < -0.3 is 5.11 Å². The Morgan fingerprint density at radius 3 is 2.04 bits per heavy atom. The summed E-state index contributed by atoms with van der Waals surface area (Å²) < 4.78 is 3.92. The summed E-state index contributed by atoms with van der Waals surface area (Å²) in [6.07, 6.45) is 3.26. The van der Waals surface area contributed by atoms with Crippen LogP contribution >= 0.6 is 0 Å². The first-order valence-electron chi connectivity index (χ1n) is 9.55. The minimum atomic E-state index is -0.198. The molecule has 140 valence electrons. The molecule has 2 aromatic heterocycles. The first-order chi connectivity index (χ1) is 13.7. The third-order valence-electron chi connectivity index (χ3n) is 5.94. The van der Waals surface area contributed by atoms with E-state index < -0.39 is 0 Å². The van der Waals surface area contributed by atoms with E-state index in [4.69, 9.17) is 0 Å². The Balaban J connectivity index is 1.35. The molecule has 0 saturated heterocycles. The summed E-state index contributed by atoms with van der Waals surface area (Å²) in [5.41, 5.74) is 4.69. The average molecular weight is 374 g/mol. The number of para-hydroxylation sites is 3. The van der Waals surface area contributed by atoms with E-state index in [1.807, 2.05) is 50.5 Å². The summed E-state index contributed by atoms with van der Waals surface area (Å²) in [6, 6.07) is 13.4. The van der Waals surface area contributed by atoms with Crippen LogP contribution in [0, 0.1) is 0 Å². The summed E-state index contributed by atoms with van der Waals surface area (Å²) in [6.45, 7) is 0.0884. The molecule has 0 atom stereocenters. The van der Waals surface area contributed by atoms with Crippen molar-refractivity contribution in [3.8, 4) is 11.4 Å². The van der Waals surface area contributed by atoms with Crippen LogP contribution in [0.5, 0.6) is 5.75 Å². The normalized spacial score (nSPS) is 17.6. The summed E-state index contributed by atoms with van der Waals surface area (Å²) in [7, 11) is 0. The molecule has 2 aromatic carbocycles. The Morgan fingerprint density at radius 1 is 0.821 bits per heavy atom. The predicted octanol–water partition coefficient (Wildman–Crippen LogP) is 2.87. The lowest BCUT2D eigenvalue weighted by Gasteiger charge is -2.16. The van der Waals surface area contributed by atoms with Crippen LogP contribution in [0.1, 0.15) is 31.2 Å². The fourth-order valence-corrected chi connectivity index (χ4v) is 4.47. The Labute approximate surface area is 159 Å². The van der Waals surface area contributed by atoms with E-state index >= 15 is 0 Å². The number of carbonyl (C=O) groups excluding carboxylic acids is 2. The van der Waals surface area contributed by atoms with E-state index in [9.17, 15) is 14.7 Å². The predicted molar refractivity (Wildman–Crippen MR) is 102 cm³/mol. The molecule has 4 aromatic rings. The van der Waals surface area contributed by atoms with Gasteiger partial charge in [-0.15, -0.1) is 14.1 Å². The van der Waals surface area contributed by atoms with E-state index in [1.165, 1.54) is 4.90 Å². The lowest BCUT2D eigenvalue weighted by Crippen LogP contribution is -2.31. The Hall–Kier alpha value is -3.48. The Bertz CT molecular complexity index is 1230. The highest BCUT2D eigenvalue weighted by atomic mass is 16.3. The third kappa shape index (κ3) is 1.88. The van der Waals surface area contributed by atoms with Crippen molar-refractivity contribution in [1.29, 1.82) is 0 Å². The van der Waals surface area contributed by atoms with Crippen molar-refractivity contribution in [3.05, 3.63) is 59.2 Å². The van der Waals surface area contributed by atoms with Crippen molar-refractivity contribution < 1.29 is 14.7 Å². The first-order valence-corrected chi connectivity index (χ1v) is 9.55. The lowest BCUT2D eigenvalue weighted by atomic mass is 9.93.